The van der Waals surface area contributed by atoms with Crippen LogP contribution in [-0.2, 0) is 11.3 Å². The van der Waals surface area contributed by atoms with Gasteiger partial charge in [-0.25, -0.2) is 4.79 Å². The van der Waals surface area contributed by atoms with E-state index in [-0.39, 0.29) is 12.1 Å². The number of nitrogens with one attached hydrogen (secondary N) is 1. The smallest absolute Gasteiger partial charge is 0.321 e. The van der Waals surface area contributed by atoms with E-state index in [0.717, 1.165) is 42.2 Å². The summed E-state index contributed by atoms with van der Waals surface area (Å²) in [5, 5.41) is 3.68. The molecule has 1 aliphatic rings. The molecule has 0 aliphatic carbocycles. The van der Waals surface area contributed by atoms with E-state index >= 15 is 0 Å². The first kappa shape index (κ1) is 25.0. The number of aryl methyl sites for hydroxylation is 1. The molecule has 1 fully saturated rings. The van der Waals surface area contributed by atoms with Crippen molar-refractivity contribution < 1.29 is 14.3 Å². The molecular formula is C28H32ClN3O3. The Morgan fingerprint density at radius 1 is 1.00 bits per heavy atom. The summed E-state index contributed by atoms with van der Waals surface area (Å²) in [6.45, 7) is 6.27. The topological polar surface area (TPSA) is 54.0 Å². The van der Waals surface area contributed by atoms with Gasteiger partial charge in [-0.15, -0.1) is 0 Å². The predicted molar refractivity (Wildman–Crippen MR) is 140 cm³/mol. The Morgan fingerprint density at radius 3 is 2.37 bits per heavy atom. The number of amides is 2. The van der Waals surface area contributed by atoms with Crippen LogP contribution in [-0.4, -0.2) is 55.7 Å². The number of benzene rings is 3. The lowest BCUT2D eigenvalue weighted by Gasteiger charge is -2.36. The second kappa shape index (κ2) is 12.1. The quantitative estimate of drug-likeness (QED) is 0.433. The molecule has 0 bridgehead atoms. The fraction of sp³-hybridized carbons (Fsp3) is 0.321. The predicted octanol–water partition coefficient (Wildman–Crippen LogP) is 5.76. The van der Waals surface area contributed by atoms with E-state index in [1.807, 2.05) is 53.4 Å². The van der Waals surface area contributed by atoms with Gasteiger partial charge >= 0.3 is 6.03 Å². The summed E-state index contributed by atoms with van der Waals surface area (Å²) in [4.78, 5) is 16.9. The number of ether oxygens (including phenoxy) is 2. The van der Waals surface area contributed by atoms with E-state index in [1.165, 1.54) is 5.56 Å². The number of rotatable bonds is 8. The summed E-state index contributed by atoms with van der Waals surface area (Å²) in [5.74, 6) is 0.761. The number of anilines is 1. The minimum absolute atomic E-state index is 0.0836. The van der Waals surface area contributed by atoms with E-state index in [1.54, 1.807) is 7.11 Å². The highest BCUT2D eigenvalue weighted by Crippen LogP contribution is 2.24. The maximum atomic E-state index is 12.7. The van der Waals surface area contributed by atoms with Gasteiger partial charge in [0.05, 0.1) is 19.8 Å². The largest absolute Gasteiger partial charge is 0.497 e. The second-order valence-corrected chi connectivity index (χ2v) is 9.22. The molecule has 1 N–H and O–H groups in total. The van der Waals surface area contributed by atoms with Gasteiger partial charge in [-0.3, -0.25) is 4.90 Å². The van der Waals surface area contributed by atoms with E-state index in [9.17, 15) is 4.79 Å². The van der Waals surface area contributed by atoms with Gasteiger partial charge in [0.2, 0.25) is 0 Å². The molecule has 1 heterocycles. The van der Waals surface area contributed by atoms with E-state index in [0.29, 0.717) is 24.7 Å². The van der Waals surface area contributed by atoms with Gasteiger partial charge in [0, 0.05) is 43.4 Å². The molecule has 0 spiro atoms. The molecule has 0 unspecified atom stereocenters. The van der Waals surface area contributed by atoms with Crippen LogP contribution in [0.25, 0.3) is 0 Å². The Hall–Kier alpha value is -3.06. The zero-order chi connectivity index (χ0) is 24.6. The summed E-state index contributed by atoms with van der Waals surface area (Å²) in [7, 11) is 1.62. The molecule has 6 nitrogen and oxygen atoms in total. The highest BCUT2D eigenvalue weighted by molar-refractivity contribution is 6.30. The molecule has 0 saturated carbocycles. The molecule has 1 atom stereocenters. The summed E-state index contributed by atoms with van der Waals surface area (Å²) >= 11 is 6.12. The molecule has 7 heteroatoms. The van der Waals surface area contributed by atoms with Crippen molar-refractivity contribution in [2.45, 2.75) is 19.6 Å². The first-order chi connectivity index (χ1) is 17.0. The summed E-state index contributed by atoms with van der Waals surface area (Å²) in [6.07, 6.45) is -0.0903. The van der Waals surface area contributed by atoms with Gasteiger partial charge in [-0.2, -0.15) is 0 Å². The van der Waals surface area contributed by atoms with Crippen LogP contribution in [0.2, 0.25) is 5.02 Å². The van der Waals surface area contributed by atoms with Gasteiger partial charge in [0.25, 0.3) is 0 Å². The zero-order valence-electron chi connectivity index (χ0n) is 20.2. The number of hydrogen-bond acceptors (Lipinski definition) is 4. The highest BCUT2D eigenvalue weighted by Gasteiger charge is 2.24. The summed E-state index contributed by atoms with van der Waals surface area (Å²) in [5.41, 5.74) is 4.23. The summed E-state index contributed by atoms with van der Waals surface area (Å²) < 4.78 is 11.6. The van der Waals surface area contributed by atoms with Crippen molar-refractivity contribution in [1.82, 2.24) is 9.80 Å². The van der Waals surface area contributed by atoms with E-state index in [4.69, 9.17) is 21.1 Å². The molecule has 3 aromatic carbocycles. The van der Waals surface area contributed by atoms with Crippen LogP contribution < -0.4 is 10.1 Å². The van der Waals surface area contributed by atoms with Gasteiger partial charge in [0.15, 0.2) is 0 Å². The average molecular weight is 494 g/mol. The van der Waals surface area contributed by atoms with Crippen LogP contribution in [0.15, 0.2) is 72.8 Å². The Bertz CT molecular complexity index is 1100. The number of urea groups is 1. The fourth-order valence-electron chi connectivity index (χ4n) is 4.18. The number of hydrogen-bond donors (Lipinski definition) is 1. The molecule has 2 amide bonds. The van der Waals surface area contributed by atoms with Crippen LogP contribution in [0.3, 0.4) is 0 Å². The summed E-state index contributed by atoms with van der Waals surface area (Å²) in [6, 6.07) is 23.5. The lowest BCUT2D eigenvalue weighted by molar-refractivity contribution is 0.00592. The lowest BCUT2D eigenvalue weighted by Crippen LogP contribution is -2.50. The Morgan fingerprint density at radius 2 is 1.71 bits per heavy atom. The normalized spacial score (nSPS) is 15.0. The molecule has 0 radical (unpaired) electrons. The first-order valence-electron chi connectivity index (χ1n) is 11.8. The molecule has 1 saturated heterocycles. The Balaban J connectivity index is 1.33. The van der Waals surface area contributed by atoms with Gasteiger partial charge in [-0.05, 0) is 54.4 Å². The van der Waals surface area contributed by atoms with Crippen LogP contribution in [0.1, 0.15) is 22.8 Å². The molecular weight excluding hydrogens is 462 g/mol. The number of piperazine rings is 1. The molecule has 184 valence electrons. The van der Waals surface area contributed by atoms with E-state index < -0.39 is 0 Å². The van der Waals surface area contributed by atoms with Crippen molar-refractivity contribution >= 4 is 23.3 Å². The van der Waals surface area contributed by atoms with Crippen LogP contribution >= 0.6 is 11.6 Å². The third kappa shape index (κ3) is 7.21. The fourth-order valence-corrected chi connectivity index (χ4v) is 4.30. The second-order valence-electron chi connectivity index (χ2n) is 8.79. The van der Waals surface area contributed by atoms with Gasteiger partial charge in [-0.1, -0.05) is 53.6 Å². The van der Waals surface area contributed by atoms with Crippen molar-refractivity contribution in [3.63, 3.8) is 0 Å². The van der Waals surface area contributed by atoms with Crippen molar-refractivity contribution in [3.8, 4) is 5.75 Å². The number of carbonyl (C=O) groups is 1. The van der Waals surface area contributed by atoms with E-state index in [2.05, 4.69) is 41.4 Å². The SMILES string of the molecule is COc1ccc(NC(=O)N2CCN(C[C@H](OCc3cccc(C)c3)c3ccc(Cl)cc3)CC2)cc1. The monoisotopic (exact) mass is 493 g/mol. The van der Waals surface area contributed by atoms with Crippen molar-refractivity contribution in [3.05, 3.63) is 94.5 Å². The van der Waals surface area contributed by atoms with Gasteiger partial charge in [0.1, 0.15) is 5.75 Å². The average Bonchev–Trinajstić information content (AvgIpc) is 2.88. The minimum Gasteiger partial charge on any atom is -0.497 e. The van der Waals surface area contributed by atoms with Crippen molar-refractivity contribution in [1.29, 1.82) is 0 Å². The minimum atomic E-state index is -0.0903. The third-order valence-corrected chi connectivity index (χ3v) is 6.45. The number of halogens is 1. The molecule has 3 aromatic rings. The maximum Gasteiger partial charge on any atom is 0.321 e. The number of nitrogens with zero attached hydrogens (tertiary/aromatic N) is 2. The molecule has 0 aromatic heterocycles. The highest BCUT2D eigenvalue weighted by atomic mass is 35.5. The molecule has 35 heavy (non-hydrogen) atoms. The first-order valence-corrected chi connectivity index (χ1v) is 12.2. The number of carbonyl (C=O) groups excluding carboxylic acids is 1. The maximum absolute atomic E-state index is 12.7. The molecule has 1 aliphatic heterocycles. The Labute approximate surface area is 212 Å². The lowest BCUT2D eigenvalue weighted by atomic mass is 10.1. The number of methoxy groups -OCH3 is 1. The standard InChI is InChI=1S/C28H32ClN3O3/c1-21-4-3-5-22(18-21)20-35-27(23-6-8-24(29)9-7-23)19-31-14-16-32(17-15-31)28(33)30-25-10-12-26(34-2)13-11-25/h3-13,18,27H,14-17,19-20H2,1-2H3,(H,30,33)/t27-/m0/s1. The van der Waals surface area contributed by atoms with Crippen LogP contribution in [0.4, 0.5) is 10.5 Å². The van der Waals surface area contributed by atoms with Crippen LogP contribution in [0.5, 0.6) is 5.75 Å². The van der Waals surface area contributed by atoms with Crippen LogP contribution in [0, 0.1) is 6.92 Å². The zero-order valence-corrected chi connectivity index (χ0v) is 21.0. The van der Waals surface area contributed by atoms with Gasteiger partial charge < -0.3 is 19.7 Å². The third-order valence-electron chi connectivity index (χ3n) is 6.20. The Kier molecular flexibility index (Phi) is 8.64. The van der Waals surface area contributed by atoms with Crippen molar-refractivity contribution in [2.24, 2.45) is 0 Å². The van der Waals surface area contributed by atoms with Crippen molar-refractivity contribution in [2.75, 3.05) is 45.2 Å². The molecule has 4 rings (SSSR count).